The number of hydrogen-bond donors (Lipinski definition) is 1. The van der Waals surface area contributed by atoms with Crippen molar-refractivity contribution in [3.8, 4) is 23.0 Å². The van der Waals surface area contributed by atoms with Gasteiger partial charge in [-0.15, -0.1) is 0 Å². The number of carbonyl (C=O) groups excluding carboxylic acids is 1. The molecule has 0 radical (unpaired) electrons. The molecule has 0 aliphatic heterocycles. The van der Waals surface area contributed by atoms with Crippen molar-refractivity contribution in [3.05, 3.63) is 47.5 Å². The lowest BCUT2D eigenvalue weighted by molar-refractivity contribution is -0.120. The number of rotatable bonds is 13. The van der Waals surface area contributed by atoms with Crippen molar-refractivity contribution in [2.24, 2.45) is 0 Å². The fourth-order valence-corrected chi connectivity index (χ4v) is 3.05. The van der Waals surface area contributed by atoms with Crippen LogP contribution in [-0.4, -0.2) is 38.9 Å². The maximum Gasteiger partial charge on any atom is 0.224 e. The Bertz CT molecular complexity index is 806. The zero-order valence-electron chi connectivity index (χ0n) is 18.5. The Kier molecular flexibility index (Phi) is 9.84. The number of hydrogen-bond acceptors (Lipinski definition) is 5. The minimum absolute atomic E-state index is 0.0300. The minimum Gasteiger partial charge on any atom is -0.490 e. The summed E-state index contributed by atoms with van der Waals surface area (Å²) in [7, 11) is 0. The van der Waals surface area contributed by atoms with Gasteiger partial charge < -0.3 is 24.3 Å². The van der Waals surface area contributed by atoms with Crippen LogP contribution in [0.2, 0.25) is 0 Å². The molecule has 30 heavy (non-hydrogen) atoms. The van der Waals surface area contributed by atoms with Crippen LogP contribution in [0, 0.1) is 0 Å². The molecule has 1 N–H and O–H groups in total. The lowest BCUT2D eigenvalue weighted by Crippen LogP contribution is -2.27. The molecule has 0 aromatic heterocycles. The molecule has 2 rings (SSSR count). The van der Waals surface area contributed by atoms with Crippen molar-refractivity contribution in [2.75, 3.05) is 33.0 Å². The third-order valence-corrected chi connectivity index (χ3v) is 4.32. The summed E-state index contributed by atoms with van der Waals surface area (Å²) in [6.07, 6.45) is 1.01. The Morgan fingerprint density at radius 2 is 1.17 bits per heavy atom. The van der Waals surface area contributed by atoms with Crippen molar-refractivity contribution in [1.29, 1.82) is 0 Å². The van der Waals surface area contributed by atoms with Gasteiger partial charge in [0.05, 0.1) is 32.8 Å². The van der Waals surface area contributed by atoms with E-state index >= 15 is 0 Å². The monoisotopic (exact) mass is 415 g/mol. The van der Waals surface area contributed by atoms with E-state index in [1.807, 2.05) is 64.1 Å². The molecule has 0 aliphatic rings. The fourth-order valence-electron chi connectivity index (χ4n) is 3.05. The number of benzene rings is 2. The Morgan fingerprint density at radius 1 is 0.700 bits per heavy atom. The van der Waals surface area contributed by atoms with Crippen LogP contribution in [0.1, 0.15) is 38.8 Å². The van der Waals surface area contributed by atoms with Crippen LogP contribution in [0.5, 0.6) is 23.0 Å². The second-order valence-electron chi connectivity index (χ2n) is 6.57. The van der Waals surface area contributed by atoms with E-state index in [9.17, 15) is 4.79 Å². The lowest BCUT2D eigenvalue weighted by atomic mass is 10.1. The van der Waals surface area contributed by atoms with Crippen LogP contribution >= 0.6 is 0 Å². The van der Waals surface area contributed by atoms with E-state index in [0.29, 0.717) is 57.3 Å². The van der Waals surface area contributed by atoms with E-state index in [0.717, 1.165) is 22.6 Å². The molecule has 0 atom stereocenters. The van der Waals surface area contributed by atoms with Gasteiger partial charge in [-0.05, 0) is 69.5 Å². The van der Waals surface area contributed by atoms with E-state index in [-0.39, 0.29) is 5.91 Å². The highest BCUT2D eigenvalue weighted by Gasteiger charge is 2.10. The van der Waals surface area contributed by atoms with Crippen LogP contribution in [0.15, 0.2) is 36.4 Å². The zero-order chi connectivity index (χ0) is 21.8. The normalized spacial score (nSPS) is 10.4. The molecule has 0 saturated heterocycles. The van der Waals surface area contributed by atoms with E-state index in [1.165, 1.54) is 0 Å². The fraction of sp³-hybridized carbons (Fsp3) is 0.458. The van der Waals surface area contributed by atoms with Crippen LogP contribution < -0.4 is 24.3 Å². The maximum absolute atomic E-state index is 12.4. The van der Waals surface area contributed by atoms with E-state index < -0.39 is 0 Å². The molecule has 0 heterocycles. The zero-order valence-corrected chi connectivity index (χ0v) is 18.5. The SMILES string of the molecule is CCOc1ccc(CCNC(=O)Cc2ccc(OCC)c(OCC)c2)cc1OCC. The molecular formula is C24H33NO5. The van der Waals surface area contributed by atoms with Crippen molar-refractivity contribution in [1.82, 2.24) is 5.32 Å². The van der Waals surface area contributed by atoms with Crippen LogP contribution in [-0.2, 0) is 17.6 Å². The molecule has 0 bridgehead atoms. The second kappa shape index (κ2) is 12.6. The highest BCUT2D eigenvalue weighted by Crippen LogP contribution is 2.29. The van der Waals surface area contributed by atoms with E-state index in [2.05, 4.69) is 5.32 Å². The topological polar surface area (TPSA) is 66.0 Å². The highest BCUT2D eigenvalue weighted by molar-refractivity contribution is 5.78. The second-order valence-corrected chi connectivity index (χ2v) is 6.57. The Morgan fingerprint density at radius 3 is 1.70 bits per heavy atom. The first-order chi connectivity index (χ1) is 14.6. The predicted octanol–water partition coefficient (Wildman–Crippen LogP) is 4.18. The molecule has 6 heteroatoms. The van der Waals surface area contributed by atoms with Gasteiger partial charge in [0.25, 0.3) is 0 Å². The van der Waals surface area contributed by atoms with Crippen molar-refractivity contribution in [3.63, 3.8) is 0 Å². The standard InChI is InChI=1S/C24H33NO5/c1-5-27-20-11-9-18(15-22(20)29-7-3)13-14-25-24(26)17-19-10-12-21(28-6-2)23(16-19)30-8-4/h9-12,15-16H,5-8,13-14,17H2,1-4H3,(H,25,26). The van der Waals surface area contributed by atoms with E-state index in [4.69, 9.17) is 18.9 Å². The number of ether oxygens (including phenoxy) is 4. The summed E-state index contributed by atoms with van der Waals surface area (Å²) in [6, 6.07) is 11.5. The Hall–Kier alpha value is -2.89. The quantitative estimate of drug-likeness (QED) is 0.532. The lowest BCUT2D eigenvalue weighted by Gasteiger charge is -2.13. The van der Waals surface area contributed by atoms with Gasteiger partial charge in [0, 0.05) is 6.54 Å². The molecular weight excluding hydrogens is 382 g/mol. The first kappa shape index (κ1) is 23.4. The first-order valence-corrected chi connectivity index (χ1v) is 10.6. The van der Waals surface area contributed by atoms with E-state index in [1.54, 1.807) is 0 Å². The summed E-state index contributed by atoms with van der Waals surface area (Å²) in [4.78, 5) is 12.4. The van der Waals surface area contributed by atoms with Gasteiger partial charge in [0.2, 0.25) is 5.91 Å². The summed E-state index contributed by atoms with van der Waals surface area (Å²) in [5.74, 6) is 2.82. The Labute approximate surface area is 179 Å². The van der Waals surface area contributed by atoms with Gasteiger partial charge in [-0.1, -0.05) is 12.1 Å². The molecule has 6 nitrogen and oxygen atoms in total. The molecule has 0 saturated carbocycles. The minimum atomic E-state index is -0.0300. The summed E-state index contributed by atoms with van der Waals surface area (Å²) in [5.41, 5.74) is 1.97. The van der Waals surface area contributed by atoms with Crippen molar-refractivity contribution < 1.29 is 23.7 Å². The van der Waals surface area contributed by atoms with Crippen molar-refractivity contribution in [2.45, 2.75) is 40.5 Å². The molecule has 0 spiro atoms. The summed E-state index contributed by atoms with van der Waals surface area (Å²) < 4.78 is 22.4. The summed E-state index contributed by atoms with van der Waals surface area (Å²) in [5, 5.41) is 2.98. The molecule has 0 aliphatic carbocycles. The molecule has 0 unspecified atom stereocenters. The highest BCUT2D eigenvalue weighted by atomic mass is 16.5. The average molecular weight is 416 g/mol. The Balaban J connectivity index is 1.90. The van der Waals surface area contributed by atoms with Gasteiger partial charge in [-0.2, -0.15) is 0 Å². The summed E-state index contributed by atoms with van der Waals surface area (Å²) in [6.45, 7) is 10.6. The number of carbonyl (C=O) groups is 1. The smallest absolute Gasteiger partial charge is 0.224 e. The largest absolute Gasteiger partial charge is 0.490 e. The van der Waals surface area contributed by atoms with Gasteiger partial charge in [-0.25, -0.2) is 0 Å². The third-order valence-electron chi connectivity index (χ3n) is 4.32. The first-order valence-electron chi connectivity index (χ1n) is 10.6. The molecule has 2 aromatic rings. The van der Waals surface area contributed by atoms with Crippen LogP contribution in [0.4, 0.5) is 0 Å². The van der Waals surface area contributed by atoms with Crippen LogP contribution in [0.3, 0.4) is 0 Å². The van der Waals surface area contributed by atoms with Gasteiger partial charge in [0.1, 0.15) is 0 Å². The van der Waals surface area contributed by atoms with Gasteiger partial charge >= 0.3 is 0 Å². The molecule has 1 amide bonds. The van der Waals surface area contributed by atoms with Crippen LogP contribution in [0.25, 0.3) is 0 Å². The molecule has 164 valence electrons. The average Bonchev–Trinajstić information content (AvgIpc) is 2.72. The predicted molar refractivity (Wildman–Crippen MR) is 118 cm³/mol. The maximum atomic E-state index is 12.4. The number of nitrogens with one attached hydrogen (secondary N) is 1. The van der Waals surface area contributed by atoms with Gasteiger partial charge in [0.15, 0.2) is 23.0 Å². The number of amides is 1. The third kappa shape index (κ3) is 7.17. The molecule has 0 fully saturated rings. The molecule has 2 aromatic carbocycles. The van der Waals surface area contributed by atoms with Gasteiger partial charge in [-0.3, -0.25) is 4.79 Å². The van der Waals surface area contributed by atoms with Crippen molar-refractivity contribution >= 4 is 5.91 Å². The summed E-state index contributed by atoms with van der Waals surface area (Å²) >= 11 is 0.